The minimum atomic E-state index is -1.20. The van der Waals surface area contributed by atoms with Gasteiger partial charge in [0.05, 0.1) is 37.1 Å². The summed E-state index contributed by atoms with van der Waals surface area (Å²) in [6.07, 6.45) is 1.61. The maximum Gasteiger partial charge on any atom is 0.120 e. The number of carboxylic acid groups (broad SMARTS) is 1. The van der Waals surface area contributed by atoms with Gasteiger partial charge in [0.15, 0.2) is 0 Å². The summed E-state index contributed by atoms with van der Waals surface area (Å²) in [5, 5.41) is 16.3. The van der Waals surface area contributed by atoms with E-state index in [0.717, 1.165) is 22.2 Å². The van der Waals surface area contributed by atoms with Gasteiger partial charge in [0, 0.05) is 30.1 Å². The quantitative estimate of drug-likeness (QED) is 0.501. The first-order chi connectivity index (χ1) is 14.2. The average molecular weight is 389 g/mol. The van der Waals surface area contributed by atoms with E-state index in [-0.39, 0.29) is 5.69 Å². The molecule has 0 aliphatic rings. The van der Waals surface area contributed by atoms with Crippen molar-refractivity contribution >= 4 is 16.9 Å². The molecule has 1 N–H and O–H groups in total. The van der Waals surface area contributed by atoms with E-state index < -0.39 is 5.97 Å². The van der Waals surface area contributed by atoms with Crippen molar-refractivity contribution in [1.82, 2.24) is 9.88 Å². The number of furan rings is 1. The lowest BCUT2D eigenvalue weighted by molar-refractivity contribution is -0.255. The summed E-state index contributed by atoms with van der Waals surface area (Å²) in [6.45, 7) is 1.29. The number of ether oxygens (including phenoxy) is 1. The Balaban J connectivity index is 1.78. The fourth-order valence-electron chi connectivity index (χ4n) is 3.59. The number of aromatic carboxylic acids is 1. The second kappa shape index (κ2) is 8.24. The van der Waals surface area contributed by atoms with E-state index in [1.54, 1.807) is 17.9 Å². The van der Waals surface area contributed by atoms with Crippen molar-refractivity contribution in [2.75, 3.05) is 7.11 Å². The lowest BCUT2D eigenvalue weighted by atomic mass is 10.1. The second-order valence-corrected chi connectivity index (χ2v) is 6.75. The maximum absolute atomic E-state index is 12.1. The van der Waals surface area contributed by atoms with Crippen LogP contribution >= 0.6 is 0 Å². The van der Waals surface area contributed by atoms with Crippen LogP contribution in [0.2, 0.25) is 0 Å². The van der Waals surface area contributed by atoms with Crippen molar-refractivity contribution in [3.63, 3.8) is 0 Å². The first kappa shape index (κ1) is 18.8. The minimum absolute atomic E-state index is 0.170. The molecule has 6 nitrogen and oxygen atoms in total. The lowest BCUT2D eigenvalue weighted by Gasteiger charge is -2.14. The predicted molar refractivity (Wildman–Crippen MR) is 108 cm³/mol. The Hall–Kier alpha value is -3.51. The van der Waals surface area contributed by atoms with Crippen LogP contribution in [0.15, 0.2) is 71.3 Å². The zero-order chi connectivity index (χ0) is 20.2. The van der Waals surface area contributed by atoms with Crippen molar-refractivity contribution in [1.29, 1.82) is 0 Å². The van der Waals surface area contributed by atoms with Gasteiger partial charge in [0.2, 0.25) is 0 Å². The number of rotatable bonds is 8. The fourth-order valence-corrected chi connectivity index (χ4v) is 3.59. The van der Waals surface area contributed by atoms with E-state index >= 15 is 0 Å². The molecule has 2 aromatic heterocycles. The second-order valence-electron chi connectivity index (χ2n) is 6.75. The summed E-state index contributed by atoms with van der Waals surface area (Å²) in [5.74, 6) is 0.255. The van der Waals surface area contributed by atoms with Gasteiger partial charge in [-0.05, 0) is 29.8 Å². The molecule has 0 bridgehead atoms. The van der Waals surface area contributed by atoms with Gasteiger partial charge in [-0.25, -0.2) is 0 Å². The lowest BCUT2D eigenvalue weighted by Crippen LogP contribution is -2.28. The van der Waals surface area contributed by atoms with E-state index in [1.807, 2.05) is 60.7 Å². The van der Waals surface area contributed by atoms with Crippen LogP contribution in [0.3, 0.4) is 0 Å². The van der Waals surface area contributed by atoms with Crippen LogP contribution in [0.25, 0.3) is 10.9 Å². The standard InChI is InChI=1S/C23H22N2O4/c1-28-17-9-10-19-20(14-24-13-18-8-5-11-29-18)22(23(26)27)25(21(19)12-17)15-16-6-3-2-4-7-16/h2-12,24H,13-15H2,1H3,(H,26,27)/p-1. The number of fused-ring (bicyclic) bond motifs is 1. The largest absolute Gasteiger partial charge is 0.543 e. The van der Waals surface area contributed by atoms with Crippen LogP contribution in [0, 0.1) is 0 Å². The first-order valence-corrected chi connectivity index (χ1v) is 9.35. The highest BCUT2D eigenvalue weighted by Gasteiger charge is 2.19. The summed E-state index contributed by atoms with van der Waals surface area (Å²) in [5.41, 5.74) is 2.65. The molecule has 4 rings (SSSR count). The van der Waals surface area contributed by atoms with Crippen LogP contribution in [-0.4, -0.2) is 17.6 Å². The first-order valence-electron chi connectivity index (χ1n) is 9.35. The van der Waals surface area contributed by atoms with E-state index in [2.05, 4.69) is 5.32 Å². The molecular weight excluding hydrogens is 368 g/mol. The molecule has 2 aromatic carbocycles. The molecule has 0 radical (unpaired) electrons. The molecule has 4 aromatic rings. The normalized spacial score (nSPS) is 11.1. The van der Waals surface area contributed by atoms with Gasteiger partial charge in [-0.1, -0.05) is 30.3 Å². The van der Waals surface area contributed by atoms with Crippen LogP contribution in [-0.2, 0) is 19.6 Å². The van der Waals surface area contributed by atoms with Crippen LogP contribution in [0.4, 0.5) is 0 Å². The molecule has 0 aliphatic carbocycles. The Bertz CT molecular complexity index is 1110. The average Bonchev–Trinajstić information content (AvgIpc) is 3.35. The van der Waals surface area contributed by atoms with Crippen molar-refractivity contribution in [3.8, 4) is 5.75 Å². The highest BCUT2D eigenvalue weighted by atomic mass is 16.5. The molecule has 6 heteroatoms. The summed E-state index contributed by atoms with van der Waals surface area (Å²) in [7, 11) is 1.59. The molecule has 148 valence electrons. The minimum Gasteiger partial charge on any atom is -0.543 e. The number of nitrogens with zero attached hydrogens (tertiary/aromatic N) is 1. The van der Waals surface area contributed by atoms with Crippen LogP contribution < -0.4 is 15.2 Å². The molecule has 0 unspecified atom stereocenters. The number of carboxylic acids is 1. The van der Waals surface area contributed by atoms with Gasteiger partial charge in [0.1, 0.15) is 11.5 Å². The van der Waals surface area contributed by atoms with E-state index in [4.69, 9.17) is 9.15 Å². The van der Waals surface area contributed by atoms with Gasteiger partial charge in [-0.2, -0.15) is 0 Å². The Kier molecular flexibility index (Phi) is 5.35. The number of carbonyl (C=O) groups is 1. The van der Waals surface area contributed by atoms with E-state index in [1.165, 1.54) is 0 Å². The Labute approximate surface area is 168 Å². The number of hydrogen-bond donors (Lipinski definition) is 1. The number of carbonyl (C=O) groups excluding carboxylic acids is 1. The zero-order valence-electron chi connectivity index (χ0n) is 16.1. The van der Waals surface area contributed by atoms with Crippen LogP contribution in [0.1, 0.15) is 27.4 Å². The topological polar surface area (TPSA) is 79.5 Å². The highest BCUT2D eigenvalue weighted by molar-refractivity contribution is 5.98. The van der Waals surface area contributed by atoms with Gasteiger partial charge < -0.3 is 28.9 Å². The smallest absolute Gasteiger partial charge is 0.120 e. The molecule has 0 amide bonds. The Morgan fingerprint density at radius 3 is 2.62 bits per heavy atom. The molecule has 2 heterocycles. The van der Waals surface area contributed by atoms with Gasteiger partial charge in [-0.15, -0.1) is 0 Å². The number of benzene rings is 2. The fraction of sp³-hybridized carbons (Fsp3) is 0.174. The van der Waals surface area contributed by atoms with E-state index in [9.17, 15) is 9.90 Å². The summed E-state index contributed by atoms with van der Waals surface area (Å²) < 4.78 is 12.5. The third kappa shape index (κ3) is 3.88. The van der Waals surface area contributed by atoms with Crippen LogP contribution in [0.5, 0.6) is 5.75 Å². The third-order valence-electron chi connectivity index (χ3n) is 4.93. The van der Waals surface area contributed by atoms with Crippen molar-refractivity contribution in [2.24, 2.45) is 0 Å². The van der Waals surface area contributed by atoms with Gasteiger partial charge in [-0.3, -0.25) is 0 Å². The highest BCUT2D eigenvalue weighted by Crippen LogP contribution is 2.30. The molecule has 0 saturated heterocycles. The predicted octanol–water partition coefficient (Wildman–Crippen LogP) is 2.94. The third-order valence-corrected chi connectivity index (χ3v) is 4.93. The molecule has 0 spiro atoms. The SMILES string of the molecule is COc1ccc2c(CNCc3ccco3)c(C(=O)[O-])n(Cc3ccccc3)c2c1. The van der Waals surface area contributed by atoms with Crippen molar-refractivity contribution < 1.29 is 19.1 Å². The van der Waals surface area contributed by atoms with Crippen molar-refractivity contribution in [2.45, 2.75) is 19.6 Å². The van der Waals surface area contributed by atoms with Gasteiger partial charge in [0.25, 0.3) is 0 Å². The van der Waals surface area contributed by atoms with Crippen molar-refractivity contribution in [3.05, 3.63) is 89.5 Å². The number of hydrogen-bond acceptors (Lipinski definition) is 5. The monoisotopic (exact) mass is 389 g/mol. The summed E-state index contributed by atoms with van der Waals surface area (Å²) in [6, 6.07) is 19.0. The molecule has 0 fully saturated rings. The molecule has 0 aliphatic heterocycles. The number of aromatic nitrogens is 1. The Morgan fingerprint density at radius 1 is 1.10 bits per heavy atom. The van der Waals surface area contributed by atoms with Gasteiger partial charge >= 0.3 is 0 Å². The number of nitrogens with one attached hydrogen (secondary N) is 1. The zero-order valence-corrected chi connectivity index (χ0v) is 16.1. The van der Waals surface area contributed by atoms with E-state index in [0.29, 0.717) is 30.9 Å². The molecule has 29 heavy (non-hydrogen) atoms. The summed E-state index contributed by atoms with van der Waals surface area (Å²) >= 11 is 0. The summed E-state index contributed by atoms with van der Waals surface area (Å²) in [4.78, 5) is 12.1. The molecular formula is C23H21N2O4-. The maximum atomic E-state index is 12.1. The number of methoxy groups -OCH3 is 1. The Morgan fingerprint density at radius 2 is 1.93 bits per heavy atom. The molecule has 0 atom stereocenters. The molecule has 0 saturated carbocycles.